The largest absolute Gasteiger partial charge is 0.350 e. The molecule has 0 aliphatic heterocycles. The van der Waals surface area contributed by atoms with Crippen LogP contribution in [-0.2, 0) is 22.7 Å². The average Bonchev–Trinajstić information content (AvgIpc) is 3.19. The number of aromatic nitrogens is 2. The minimum Gasteiger partial charge on any atom is -0.350 e. The molecule has 0 bridgehead atoms. The van der Waals surface area contributed by atoms with E-state index in [1.54, 1.807) is 11.3 Å². The second-order valence-corrected chi connectivity index (χ2v) is 7.84. The van der Waals surface area contributed by atoms with Gasteiger partial charge in [0.1, 0.15) is 6.54 Å². The number of benzene rings is 1. The van der Waals surface area contributed by atoms with Crippen LogP contribution < -0.4 is 10.6 Å². The van der Waals surface area contributed by atoms with Crippen molar-refractivity contribution >= 4 is 28.8 Å². The second kappa shape index (κ2) is 8.39. The van der Waals surface area contributed by atoms with Crippen LogP contribution in [0.5, 0.6) is 0 Å². The van der Waals surface area contributed by atoms with Crippen LogP contribution in [0.25, 0.3) is 11.3 Å². The van der Waals surface area contributed by atoms with E-state index in [9.17, 15) is 9.59 Å². The fourth-order valence-corrected chi connectivity index (χ4v) is 3.71. The number of amides is 2. The number of anilines is 1. The number of thiazole rings is 1. The summed E-state index contributed by atoms with van der Waals surface area (Å²) in [4.78, 5) is 28.1. The quantitative estimate of drug-likeness (QED) is 0.665. The molecule has 28 heavy (non-hydrogen) atoms. The summed E-state index contributed by atoms with van der Waals surface area (Å²) in [6.07, 6.45) is 0. The highest BCUT2D eigenvalue weighted by molar-refractivity contribution is 7.09. The Morgan fingerprint density at radius 2 is 1.86 bits per heavy atom. The maximum atomic E-state index is 12.5. The van der Waals surface area contributed by atoms with Gasteiger partial charge in [0.2, 0.25) is 11.8 Å². The van der Waals surface area contributed by atoms with Crippen LogP contribution in [-0.4, -0.2) is 21.4 Å². The lowest BCUT2D eigenvalue weighted by molar-refractivity contribution is -0.121. The van der Waals surface area contributed by atoms with Crippen LogP contribution in [0.1, 0.15) is 28.9 Å². The van der Waals surface area contributed by atoms with Gasteiger partial charge >= 0.3 is 0 Å². The van der Waals surface area contributed by atoms with Gasteiger partial charge in [0.05, 0.1) is 10.7 Å². The van der Waals surface area contributed by atoms with Gasteiger partial charge in [-0.1, -0.05) is 12.1 Å². The minimum atomic E-state index is -0.106. The number of carbonyl (C=O) groups is 2. The Morgan fingerprint density at radius 3 is 2.46 bits per heavy atom. The lowest BCUT2D eigenvalue weighted by Crippen LogP contribution is -2.27. The van der Waals surface area contributed by atoms with Crippen molar-refractivity contribution in [3.05, 3.63) is 57.7 Å². The summed E-state index contributed by atoms with van der Waals surface area (Å²) in [5.74, 6) is -0.153. The molecule has 3 rings (SSSR count). The van der Waals surface area contributed by atoms with Crippen LogP contribution in [0.4, 0.5) is 5.69 Å². The molecule has 6 nitrogen and oxygen atoms in total. The first-order chi connectivity index (χ1) is 13.3. The first kappa shape index (κ1) is 19.8. The zero-order chi connectivity index (χ0) is 20.3. The Hall–Kier alpha value is -2.93. The lowest BCUT2D eigenvalue weighted by atomic mass is 10.2. The van der Waals surface area contributed by atoms with Crippen molar-refractivity contribution in [2.24, 2.45) is 0 Å². The molecule has 2 aromatic heterocycles. The number of hydrogen-bond acceptors (Lipinski definition) is 4. The summed E-state index contributed by atoms with van der Waals surface area (Å²) in [7, 11) is 0. The van der Waals surface area contributed by atoms with E-state index < -0.39 is 0 Å². The molecule has 0 spiro atoms. The predicted molar refractivity (Wildman–Crippen MR) is 112 cm³/mol. The molecule has 0 unspecified atom stereocenters. The number of rotatable bonds is 6. The monoisotopic (exact) mass is 396 g/mol. The average molecular weight is 397 g/mol. The third-order valence-electron chi connectivity index (χ3n) is 4.53. The molecule has 0 radical (unpaired) electrons. The summed E-state index contributed by atoms with van der Waals surface area (Å²) in [6.45, 7) is 8.19. The molecular formula is C21H24N4O2S. The molecule has 2 amide bonds. The number of hydrogen-bond donors (Lipinski definition) is 2. The number of aryl methyl sites for hydroxylation is 2. The summed E-state index contributed by atoms with van der Waals surface area (Å²) in [5.41, 5.74) is 5.82. The van der Waals surface area contributed by atoms with E-state index in [2.05, 4.69) is 21.7 Å². The Labute approximate surface area is 168 Å². The number of nitrogens with zero attached hydrogens (tertiary/aromatic N) is 2. The van der Waals surface area contributed by atoms with Crippen molar-refractivity contribution in [2.75, 3.05) is 5.32 Å². The fourth-order valence-electron chi connectivity index (χ4n) is 3.10. The Kier molecular flexibility index (Phi) is 5.94. The molecule has 3 aromatic rings. The van der Waals surface area contributed by atoms with Crippen LogP contribution in [0.3, 0.4) is 0 Å². The third-order valence-corrected chi connectivity index (χ3v) is 5.31. The summed E-state index contributed by atoms with van der Waals surface area (Å²) >= 11 is 1.62. The normalized spacial score (nSPS) is 10.7. The molecule has 2 N–H and O–H groups in total. The first-order valence-corrected chi connectivity index (χ1v) is 9.94. The van der Waals surface area contributed by atoms with Gasteiger partial charge in [-0.3, -0.25) is 9.59 Å². The molecule has 0 aliphatic carbocycles. The van der Waals surface area contributed by atoms with Gasteiger partial charge in [0, 0.05) is 41.5 Å². The van der Waals surface area contributed by atoms with E-state index in [-0.39, 0.29) is 18.4 Å². The van der Waals surface area contributed by atoms with E-state index in [0.29, 0.717) is 6.54 Å². The lowest BCUT2D eigenvalue weighted by Gasteiger charge is -2.11. The van der Waals surface area contributed by atoms with E-state index in [0.717, 1.165) is 38.9 Å². The smallest absolute Gasteiger partial charge is 0.240 e. The Balaban J connectivity index is 1.62. The first-order valence-electron chi connectivity index (χ1n) is 9.06. The minimum absolute atomic E-state index is 0.0475. The van der Waals surface area contributed by atoms with Gasteiger partial charge in [-0.05, 0) is 44.5 Å². The molecule has 0 fully saturated rings. The third kappa shape index (κ3) is 4.67. The molecule has 7 heteroatoms. The summed E-state index contributed by atoms with van der Waals surface area (Å²) in [5, 5.41) is 8.76. The van der Waals surface area contributed by atoms with Gasteiger partial charge in [-0.2, -0.15) is 0 Å². The van der Waals surface area contributed by atoms with E-state index in [1.807, 2.05) is 55.0 Å². The molecular weight excluding hydrogens is 372 g/mol. The van der Waals surface area contributed by atoms with Crippen LogP contribution in [0.15, 0.2) is 35.7 Å². The number of carbonyl (C=O) groups excluding carboxylic acids is 2. The topological polar surface area (TPSA) is 76.0 Å². The SMILES string of the molecule is CC(=O)Nc1ccc(CNC(=O)Cn2c(C)cc(-c3csc(C)n3)c2C)cc1. The Morgan fingerprint density at radius 1 is 1.14 bits per heavy atom. The van der Waals surface area contributed by atoms with Gasteiger partial charge < -0.3 is 15.2 Å². The van der Waals surface area contributed by atoms with Crippen molar-refractivity contribution in [1.29, 1.82) is 0 Å². The molecule has 0 saturated heterocycles. The zero-order valence-corrected chi connectivity index (χ0v) is 17.3. The standard InChI is InChI=1S/C21H24N4O2S/c1-13-9-19(20-12-28-16(4)24-20)14(2)25(13)11-21(27)22-10-17-5-7-18(8-6-17)23-15(3)26/h5-9,12H,10-11H2,1-4H3,(H,22,27)(H,23,26). The van der Waals surface area contributed by atoms with Crippen LogP contribution in [0, 0.1) is 20.8 Å². The molecule has 146 valence electrons. The maximum absolute atomic E-state index is 12.5. The summed E-state index contributed by atoms with van der Waals surface area (Å²) < 4.78 is 2.01. The van der Waals surface area contributed by atoms with Crippen LogP contribution in [0.2, 0.25) is 0 Å². The highest BCUT2D eigenvalue weighted by Crippen LogP contribution is 2.27. The van der Waals surface area contributed by atoms with Crippen molar-refractivity contribution in [3.63, 3.8) is 0 Å². The molecule has 0 saturated carbocycles. The highest BCUT2D eigenvalue weighted by Gasteiger charge is 2.15. The van der Waals surface area contributed by atoms with E-state index >= 15 is 0 Å². The van der Waals surface area contributed by atoms with E-state index in [4.69, 9.17) is 0 Å². The van der Waals surface area contributed by atoms with Gasteiger partial charge in [-0.15, -0.1) is 11.3 Å². The second-order valence-electron chi connectivity index (χ2n) is 6.78. The highest BCUT2D eigenvalue weighted by atomic mass is 32.1. The van der Waals surface area contributed by atoms with Gasteiger partial charge in [-0.25, -0.2) is 4.98 Å². The van der Waals surface area contributed by atoms with Crippen molar-refractivity contribution in [1.82, 2.24) is 14.9 Å². The van der Waals surface area contributed by atoms with Crippen molar-refractivity contribution < 1.29 is 9.59 Å². The maximum Gasteiger partial charge on any atom is 0.240 e. The van der Waals surface area contributed by atoms with Gasteiger partial charge in [0.25, 0.3) is 0 Å². The molecule has 0 aliphatic rings. The number of nitrogens with one attached hydrogen (secondary N) is 2. The van der Waals surface area contributed by atoms with Crippen molar-refractivity contribution in [3.8, 4) is 11.3 Å². The van der Waals surface area contributed by atoms with Gasteiger partial charge in [0.15, 0.2) is 0 Å². The zero-order valence-electron chi connectivity index (χ0n) is 16.5. The Bertz CT molecular complexity index is 1000. The molecule has 2 heterocycles. The predicted octanol–water partition coefficient (Wildman–Crippen LogP) is 3.81. The summed E-state index contributed by atoms with van der Waals surface area (Å²) in [6, 6.07) is 9.51. The molecule has 0 atom stereocenters. The van der Waals surface area contributed by atoms with Crippen LogP contribution >= 0.6 is 11.3 Å². The molecule has 1 aromatic carbocycles. The van der Waals surface area contributed by atoms with E-state index in [1.165, 1.54) is 6.92 Å². The van der Waals surface area contributed by atoms with Crippen molar-refractivity contribution in [2.45, 2.75) is 40.8 Å². The fraction of sp³-hybridized carbons (Fsp3) is 0.286.